The molecule has 0 spiro atoms. The zero-order valence-corrected chi connectivity index (χ0v) is 14.8. The van der Waals surface area contributed by atoms with Crippen LogP contribution in [0.4, 0.5) is 5.82 Å². The molecule has 3 heterocycles. The Balaban J connectivity index is 1.67. The van der Waals surface area contributed by atoms with Crippen molar-refractivity contribution in [2.24, 2.45) is 0 Å². The first-order valence-electron chi connectivity index (χ1n) is 8.28. The lowest BCUT2D eigenvalue weighted by atomic mass is 10.3. The SMILES string of the molecule is CCN(CC)c1nccnc1OC1CCN(C(=O)c2cccs2)C1. The maximum absolute atomic E-state index is 12.4. The van der Waals surface area contributed by atoms with E-state index >= 15 is 0 Å². The minimum Gasteiger partial charge on any atom is -0.470 e. The van der Waals surface area contributed by atoms with Crippen molar-refractivity contribution in [1.29, 1.82) is 0 Å². The van der Waals surface area contributed by atoms with E-state index in [2.05, 4.69) is 28.7 Å². The van der Waals surface area contributed by atoms with Gasteiger partial charge in [-0.2, -0.15) is 0 Å². The van der Waals surface area contributed by atoms with E-state index in [0.717, 1.165) is 30.2 Å². The second-order valence-electron chi connectivity index (χ2n) is 5.61. The molecule has 0 bridgehead atoms. The van der Waals surface area contributed by atoms with Gasteiger partial charge in [-0.1, -0.05) is 6.07 Å². The van der Waals surface area contributed by atoms with Crippen LogP contribution in [0.5, 0.6) is 5.88 Å². The third-order valence-corrected chi connectivity index (χ3v) is 5.01. The summed E-state index contributed by atoms with van der Waals surface area (Å²) in [6, 6.07) is 3.76. The van der Waals surface area contributed by atoms with Gasteiger partial charge in [-0.15, -0.1) is 11.3 Å². The lowest BCUT2D eigenvalue weighted by molar-refractivity contribution is 0.0776. The Morgan fingerprint density at radius 3 is 2.88 bits per heavy atom. The zero-order chi connectivity index (χ0) is 16.9. The Labute approximate surface area is 146 Å². The molecule has 0 radical (unpaired) electrons. The van der Waals surface area contributed by atoms with E-state index in [1.54, 1.807) is 12.4 Å². The first-order valence-corrected chi connectivity index (χ1v) is 9.16. The number of rotatable bonds is 6. The van der Waals surface area contributed by atoms with E-state index in [-0.39, 0.29) is 12.0 Å². The summed E-state index contributed by atoms with van der Waals surface area (Å²) in [6.45, 7) is 7.16. The molecule has 1 aliphatic rings. The van der Waals surface area contributed by atoms with Crippen molar-refractivity contribution < 1.29 is 9.53 Å². The number of carbonyl (C=O) groups is 1. The van der Waals surface area contributed by atoms with E-state index in [1.165, 1.54) is 11.3 Å². The van der Waals surface area contributed by atoms with E-state index < -0.39 is 0 Å². The second-order valence-corrected chi connectivity index (χ2v) is 6.56. The maximum atomic E-state index is 12.4. The summed E-state index contributed by atoms with van der Waals surface area (Å²) in [7, 11) is 0. The molecule has 1 atom stereocenters. The summed E-state index contributed by atoms with van der Waals surface area (Å²) < 4.78 is 6.08. The van der Waals surface area contributed by atoms with Crippen molar-refractivity contribution in [2.75, 3.05) is 31.1 Å². The molecule has 0 N–H and O–H groups in total. The normalized spacial score (nSPS) is 17.1. The Morgan fingerprint density at radius 2 is 2.17 bits per heavy atom. The lowest BCUT2D eigenvalue weighted by Crippen LogP contribution is -2.31. The molecule has 2 aromatic rings. The van der Waals surface area contributed by atoms with Crippen molar-refractivity contribution >= 4 is 23.1 Å². The van der Waals surface area contributed by atoms with Crippen LogP contribution in [0.3, 0.4) is 0 Å². The third kappa shape index (κ3) is 3.51. The van der Waals surface area contributed by atoms with Gasteiger partial charge in [-0.25, -0.2) is 9.97 Å². The summed E-state index contributed by atoms with van der Waals surface area (Å²) in [5.41, 5.74) is 0. The van der Waals surface area contributed by atoms with Crippen LogP contribution in [0.1, 0.15) is 29.9 Å². The van der Waals surface area contributed by atoms with Crippen LogP contribution in [0.15, 0.2) is 29.9 Å². The number of anilines is 1. The van der Waals surface area contributed by atoms with Crippen molar-refractivity contribution in [2.45, 2.75) is 26.4 Å². The highest BCUT2D eigenvalue weighted by Gasteiger charge is 2.30. The second kappa shape index (κ2) is 7.61. The zero-order valence-electron chi connectivity index (χ0n) is 14.0. The standard InChI is InChI=1S/C17H22N4O2S/c1-3-20(4-2)15-16(19-9-8-18-15)23-13-7-10-21(12-13)17(22)14-6-5-11-24-14/h5-6,8-9,11,13H,3-4,7,10,12H2,1-2H3. The molecule has 0 saturated carbocycles. The molecule has 1 saturated heterocycles. The summed E-state index contributed by atoms with van der Waals surface area (Å²) in [5.74, 6) is 1.40. The molecule has 24 heavy (non-hydrogen) atoms. The van der Waals surface area contributed by atoms with Crippen LogP contribution in [0.25, 0.3) is 0 Å². The average molecular weight is 346 g/mol. The monoisotopic (exact) mass is 346 g/mol. The van der Waals surface area contributed by atoms with Gasteiger partial charge in [0.1, 0.15) is 6.10 Å². The molecule has 6 nitrogen and oxygen atoms in total. The number of hydrogen-bond donors (Lipinski definition) is 0. The molecular weight excluding hydrogens is 324 g/mol. The van der Waals surface area contributed by atoms with Crippen molar-refractivity contribution in [3.8, 4) is 5.88 Å². The van der Waals surface area contributed by atoms with E-state index in [1.807, 2.05) is 22.4 Å². The molecule has 0 aliphatic carbocycles. The lowest BCUT2D eigenvalue weighted by Gasteiger charge is -2.23. The molecule has 2 aromatic heterocycles. The third-order valence-electron chi connectivity index (χ3n) is 4.15. The largest absolute Gasteiger partial charge is 0.470 e. The van der Waals surface area contributed by atoms with Gasteiger partial charge < -0.3 is 14.5 Å². The van der Waals surface area contributed by atoms with Crippen molar-refractivity contribution in [3.05, 3.63) is 34.8 Å². The fourth-order valence-corrected chi connectivity index (χ4v) is 3.55. The molecular formula is C17H22N4O2S. The average Bonchev–Trinajstić information content (AvgIpc) is 3.28. The topological polar surface area (TPSA) is 58.6 Å². The van der Waals surface area contributed by atoms with Crippen molar-refractivity contribution in [3.63, 3.8) is 0 Å². The quantitative estimate of drug-likeness (QED) is 0.805. The van der Waals surface area contributed by atoms with E-state index in [9.17, 15) is 4.79 Å². The number of ether oxygens (including phenoxy) is 1. The fourth-order valence-electron chi connectivity index (χ4n) is 2.86. The highest BCUT2D eigenvalue weighted by atomic mass is 32.1. The molecule has 7 heteroatoms. The van der Waals surface area contributed by atoms with Gasteiger partial charge in [0.15, 0.2) is 5.82 Å². The van der Waals surface area contributed by atoms with Gasteiger partial charge in [-0.3, -0.25) is 4.79 Å². The first-order chi connectivity index (χ1) is 11.7. The van der Waals surface area contributed by atoms with Crippen LogP contribution in [-0.4, -0.2) is 53.1 Å². The van der Waals surface area contributed by atoms with Crippen LogP contribution in [-0.2, 0) is 0 Å². The van der Waals surface area contributed by atoms with Gasteiger partial charge in [0.2, 0.25) is 0 Å². The van der Waals surface area contributed by atoms with Crippen LogP contribution < -0.4 is 9.64 Å². The molecule has 1 aliphatic heterocycles. The summed E-state index contributed by atoms with van der Waals surface area (Å²) in [4.78, 5) is 25.9. The molecule has 3 rings (SSSR count). The number of amides is 1. The fraction of sp³-hybridized carbons (Fsp3) is 0.471. The minimum atomic E-state index is -0.0417. The summed E-state index contributed by atoms with van der Waals surface area (Å²) in [5, 5.41) is 1.92. The maximum Gasteiger partial charge on any atom is 0.264 e. The number of carbonyl (C=O) groups excluding carboxylic acids is 1. The molecule has 1 amide bonds. The highest BCUT2D eigenvalue weighted by molar-refractivity contribution is 7.12. The van der Waals surface area contributed by atoms with Gasteiger partial charge in [-0.05, 0) is 25.3 Å². The number of thiophene rings is 1. The summed E-state index contributed by atoms with van der Waals surface area (Å²) in [6.07, 6.45) is 4.10. The summed E-state index contributed by atoms with van der Waals surface area (Å²) >= 11 is 1.47. The Hall–Kier alpha value is -2.15. The van der Waals surface area contributed by atoms with E-state index in [4.69, 9.17) is 4.74 Å². The predicted octanol–water partition coefficient (Wildman–Crippen LogP) is 2.68. The van der Waals surface area contributed by atoms with Gasteiger partial charge in [0.05, 0.1) is 11.4 Å². The van der Waals surface area contributed by atoms with Gasteiger partial charge >= 0.3 is 0 Å². The Morgan fingerprint density at radius 1 is 1.38 bits per heavy atom. The van der Waals surface area contributed by atoms with Crippen molar-refractivity contribution in [1.82, 2.24) is 14.9 Å². The predicted molar refractivity (Wildman–Crippen MR) is 94.8 cm³/mol. The minimum absolute atomic E-state index is 0.0417. The van der Waals surface area contributed by atoms with E-state index in [0.29, 0.717) is 19.0 Å². The smallest absolute Gasteiger partial charge is 0.264 e. The Kier molecular flexibility index (Phi) is 5.30. The Bertz CT molecular complexity index is 673. The van der Waals surface area contributed by atoms with Crippen LogP contribution in [0.2, 0.25) is 0 Å². The first kappa shape index (κ1) is 16.7. The number of likely N-dealkylation sites (tertiary alicyclic amines) is 1. The van der Waals surface area contributed by atoms with Crippen LogP contribution >= 0.6 is 11.3 Å². The molecule has 128 valence electrons. The highest BCUT2D eigenvalue weighted by Crippen LogP contribution is 2.26. The molecule has 1 fully saturated rings. The number of hydrogen-bond acceptors (Lipinski definition) is 6. The van der Waals surface area contributed by atoms with Gasteiger partial charge in [0.25, 0.3) is 11.8 Å². The van der Waals surface area contributed by atoms with Crippen LogP contribution in [0, 0.1) is 0 Å². The number of nitrogens with zero attached hydrogens (tertiary/aromatic N) is 4. The molecule has 0 aromatic carbocycles. The number of aromatic nitrogens is 2. The van der Waals surface area contributed by atoms with Gasteiger partial charge in [0, 0.05) is 38.4 Å². The molecule has 1 unspecified atom stereocenters.